The van der Waals surface area contributed by atoms with Crippen molar-refractivity contribution >= 4 is 5.69 Å². The highest BCUT2D eigenvalue weighted by Crippen LogP contribution is 2.31. The van der Waals surface area contributed by atoms with Crippen molar-refractivity contribution in [2.75, 3.05) is 5.73 Å². The molecule has 3 unspecified atom stereocenters. The lowest BCUT2D eigenvalue weighted by Gasteiger charge is -2.19. The molecule has 3 heteroatoms. The van der Waals surface area contributed by atoms with Gasteiger partial charge >= 0.3 is 0 Å². The number of nitrogen functional groups attached to an aromatic ring is 1. The Morgan fingerprint density at radius 1 is 1.20 bits per heavy atom. The van der Waals surface area contributed by atoms with Crippen LogP contribution in [0.2, 0.25) is 0 Å². The molecule has 0 radical (unpaired) electrons. The van der Waals surface area contributed by atoms with Gasteiger partial charge in [0.1, 0.15) is 0 Å². The lowest BCUT2D eigenvalue weighted by molar-refractivity contribution is 0.474. The van der Waals surface area contributed by atoms with E-state index < -0.39 is 0 Å². The van der Waals surface area contributed by atoms with Crippen molar-refractivity contribution in [2.24, 2.45) is 5.92 Å². The molecule has 1 aromatic carbocycles. The Hall–Kier alpha value is -1.06. The lowest BCUT2D eigenvalue weighted by Crippen LogP contribution is -2.29. The molecule has 0 bridgehead atoms. The molecule has 0 saturated carbocycles. The maximum Gasteiger partial charge on any atom is 0.0506 e. The number of benzene rings is 1. The number of hydrazine groups is 1. The molecule has 1 aromatic rings. The molecule has 4 N–H and O–H groups in total. The molecule has 0 aromatic heterocycles. The summed E-state index contributed by atoms with van der Waals surface area (Å²) >= 11 is 0. The zero-order chi connectivity index (χ0) is 11.0. The molecule has 1 aliphatic heterocycles. The Morgan fingerprint density at radius 3 is 2.53 bits per heavy atom. The Bertz CT molecular complexity index is 362. The van der Waals surface area contributed by atoms with Gasteiger partial charge < -0.3 is 5.73 Å². The first-order valence-corrected chi connectivity index (χ1v) is 5.47. The Kier molecular flexibility index (Phi) is 2.67. The monoisotopic (exact) mass is 205 g/mol. The molecule has 15 heavy (non-hydrogen) atoms. The summed E-state index contributed by atoms with van der Waals surface area (Å²) in [6.07, 6.45) is 0. The van der Waals surface area contributed by atoms with E-state index in [0.717, 1.165) is 5.69 Å². The standard InChI is InChI=1S/C12H19N3/c1-7-9(3)14-15-12(7)10-5-4-6-11(13)8(10)2/h4-7,9,12,14-15H,13H2,1-3H3. The number of hydrogen-bond acceptors (Lipinski definition) is 3. The molecule has 3 nitrogen and oxygen atoms in total. The fraction of sp³-hybridized carbons (Fsp3) is 0.500. The first-order valence-electron chi connectivity index (χ1n) is 5.47. The molecule has 1 fully saturated rings. The lowest BCUT2D eigenvalue weighted by atomic mass is 9.89. The smallest absolute Gasteiger partial charge is 0.0506 e. The van der Waals surface area contributed by atoms with E-state index in [2.05, 4.69) is 37.7 Å². The largest absolute Gasteiger partial charge is 0.399 e. The van der Waals surface area contributed by atoms with E-state index >= 15 is 0 Å². The molecule has 1 saturated heterocycles. The van der Waals surface area contributed by atoms with Crippen molar-refractivity contribution in [3.8, 4) is 0 Å². The molecule has 1 heterocycles. The van der Waals surface area contributed by atoms with Crippen LogP contribution < -0.4 is 16.6 Å². The fourth-order valence-corrected chi connectivity index (χ4v) is 2.14. The van der Waals surface area contributed by atoms with Gasteiger partial charge in [-0.3, -0.25) is 5.43 Å². The van der Waals surface area contributed by atoms with Crippen LogP contribution in [0.15, 0.2) is 18.2 Å². The second-order valence-electron chi connectivity index (χ2n) is 4.48. The third-order valence-electron chi connectivity index (χ3n) is 3.53. The van der Waals surface area contributed by atoms with Crippen LogP contribution in [0.1, 0.15) is 31.0 Å². The van der Waals surface area contributed by atoms with E-state index in [-0.39, 0.29) is 0 Å². The van der Waals surface area contributed by atoms with Crippen molar-refractivity contribution in [3.05, 3.63) is 29.3 Å². The highest BCUT2D eigenvalue weighted by Gasteiger charge is 2.31. The summed E-state index contributed by atoms with van der Waals surface area (Å²) in [5.74, 6) is 0.575. The number of anilines is 1. The molecule has 0 spiro atoms. The van der Waals surface area contributed by atoms with E-state index in [1.807, 2.05) is 12.1 Å². The van der Waals surface area contributed by atoms with Crippen LogP contribution in [-0.2, 0) is 0 Å². The van der Waals surface area contributed by atoms with Crippen molar-refractivity contribution in [1.29, 1.82) is 0 Å². The summed E-state index contributed by atoms with van der Waals surface area (Å²) in [5, 5.41) is 0. The Morgan fingerprint density at radius 2 is 1.93 bits per heavy atom. The minimum Gasteiger partial charge on any atom is -0.399 e. The summed E-state index contributed by atoms with van der Waals surface area (Å²) in [7, 11) is 0. The summed E-state index contributed by atoms with van der Waals surface area (Å²) < 4.78 is 0. The van der Waals surface area contributed by atoms with Gasteiger partial charge in [0.25, 0.3) is 0 Å². The minimum atomic E-state index is 0.364. The van der Waals surface area contributed by atoms with E-state index in [9.17, 15) is 0 Å². The maximum atomic E-state index is 5.92. The van der Waals surface area contributed by atoms with Gasteiger partial charge in [-0.15, -0.1) is 0 Å². The Labute approximate surface area is 91.0 Å². The van der Waals surface area contributed by atoms with Crippen molar-refractivity contribution in [2.45, 2.75) is 32.9 Å². The van der Waals surface area contributed by atoms with Gasteiger partial charge in [0, 0.05) is 11.7 Å². The molecular formula is C12H19N3. The average Bonchev–Trinajstić information content (AvgIpc) is 2.53. The van der Waals surface area contributed by atoms with Crippen LogP contribution in [0.25, 0.3) is 0 Å². The topological polar surface area (TPSA) is 50.1 Å². The first-order chi connectivity index (χ1) is 7.11. The van der Waals surface area contributed by atoms with E-state index in [0.29, 0.717) is 18.0 Å². The maximum absolute atomic E-state index is 5.92. The van der Waals surface area contributed by atoms with Crippen LogP contribution in [0.5, 0.6) is 0 Å². The molecule has 2 rings (SSSR count). The predicted molar refractivity (Wildman–Crippen MR) is 63.2 cm³/mol. The fourth-order valence-electron chi connectivity index (χ4n) is 2.14. The summed E-state index contributed by atoms with van der Waals surface area (Å²) in [6.45, 7) is 6.53. The zero-order valence-corrected chi connectivity index (χ0v) is 9.54. The molecule has 3 atom stereocenters. The normalized spacial score (nSPS) is 30.7. The SMILES string of the molecule is Cc1c(N)cccc1C1NNC(C)C1C. The van der Waals surface area contributed by atoms with Crippen molar-refractivity contribution in [1.82, 2.24) is 10.9 Å². The van der Waals surface area contributed by atoms with E-state index in [4.69, 9.17) is 5.73 Å². The second kappa shape index (κ2) is 3.83. The van der Waals surface area contributed by atoms with Gasteiger partial charge in [-0.25, -0.2) is 5.43 Å². The summed E-state index contributed by atoms with van der Waals surface area (Å²) in [5.41, 5.74) is 15.9. The first kappa shape index (κ1) is 10.5. The predicted octanol–water partition coefficient (Wildman–Crippen LogP) is 1.75. The van der Waals surface area contributed by atoms with Gasteiger partial charge in [0.05, 0.1) is 6.04 Å². The molecule has 1 aliphatic rings. The summed E-state index contributed by atoms with van der Waals surface area (Å²) in [4.78, 5) is 0. The van der Waals surface area contributed by atoms with E-state index in [1.165, 1.54) is 11.1 Å². The highest BCUT2D eigenvalue weighted by atomic mass is 15.4. The molecule has 0 amide bonds. The molecular weight excluding hydrogens is 186 g/mol. The van der Waals surface area contributed by atoms with Gasteiger partial charge in [0.15, 0.2) is 0 Å². The average molecular weight is 205 g/mol. The van der Waals surface area contributed by atoms with Gasteiger partial charge in [-0.1, -0.05) is 19.1 Å². The third kappa shape index (κ3) is 1.73. The quantitative estimate of drug-likeness (QED) is 0.612. The number of nitrogens with two attached hydrogens (primary N) is 1. The molecule has 82 valence electrons. The molecule has 0 aliphatic carbocycles. The third-order valence-corrected chi connectivity index (χ3v) is 3.53. The number of nitrogens with one attached hydrogen (secondary N) is 2. The second-order valence-corrected chi connectivity index (χ2v) is 4.48. The zero-order valence-electron chi connectivity index (χ0n) is 9.54. The highest BCUT2D eigenvalue weighted by molar-refractivity contribution is 5.51. The van der Waals surface area contributed by atoms with E-state index in [1.54, 1.807) is 0 Å². The van der Waals surface area contributed by atoms with Crippen LogP contribution in [0.3, 0.4) is 0 Å². The van der Waals surface area contributed by atoms with Crippen molar-refractivity contribution in [3.63, 3.8) is 0 Å². The van der Waals surface area contributed by atoms with Crippen LogP contribution in [0.4, 0.5) is 5.69 Å². The van der Waals surface area contributed by atoms with Gasteiger partial charge in [-0.05, 0) is 37.0 Å². The van der Waals surface area contributed by atoms with Crippen molar-refractivity contribution < 1.29 is 0 Å². The van der Waals surface area contributed by atoms with Crippen LogP contribution >= 0.6 is 0 Å². The number of rotatable bonds is 1. The van der Waals surface area contributed by atoms with Crippen LogP contribution in [-0.4, -0.2) is 6.04 Å². The van der Waals surface area contributed by atoms with Gasteiger partial charge in [0.2, 0.25) is 0 Å². The summed E-state index contributed by atoms with van der Waals surface area (Å²) in [6, 6.07) is 6.99. The number of hydrogen-bond donors (Lipinski definition) is 3. The van der Waals surface area contributed by atoms with Gasteiger partial charge in [-0.2, -0.15) is 0 Å². The Balaban J connectivity index is 2.34. The minimum absolute atomic E-state index is 0.364. The van der Waals surface area contributed by atoms with Crippen LogP contribution in [0, 0.1) is 12.8 Å².